The van der Waals surface area contributed by atoms with E-state index in [9.17, 15) is 0 Å². The van der Waals surface area contributed by atoms with Gasteiger partial charge in [-0.05, 0) is 30.0 Å². The minimum absolute atomic E-state index is 0.627. The smallest absolute Gasteiger partial charge is 0.136 e. The zero-order valence-corrected chi connectivity index (χ0v) is 8.07. The van der Waals surface area contributed by atoms with Crippen LogP contribution < -0.4 is 0 Å². The highest BCUT2D eigenvalue weighted by Gasteiger charge is 2.03. The summed E-state index contributed by atoms with van der Waals surface area (Å²) in [5.41, 5.74) is 2.42. The molecule has 2 aromatic heterocycles. The Balaban J connectivity index is 2.48. The number of rotatable bonds is 2. The Morgan fingerprint density at radius 1 is 1.46 bits per heavy atom. The van der Waals surface area contributed by atoms with E-state index >= 15 is 0 Å². The lowest BCUT2D eigenvalue weighted by Crippen LogP contribution is -1.93. The summed E-state index contributed by atoms with van der Waals surface area (Å²) in [5, 5.41) is 0. The third-order valence-corrected chi connectivity index (χ3v) is 2.60. The minimum atomic E-state index is 0.627. The lowest BCUT2D eigenvalue weighted by atomic mass is 10.0. The van der Waals surface area contributed by atoms with Crippen LogP contribution in [0.1, 0.15) is 31.7 Å². The van der Waals surface area contributed by atoms with Crippen LogP contribution in [0.2, 0.25) is 0 Å². The van der Waals surface area contributed by atoms with E-state index in [1.54, 1.807) is 0 Å². The van der Waals surface area contributed by atoms with E-state index in [0.717, 1.165) is 5.65 Å². The van der Waals surface area contributed by atoms with E-state index in [1.165, 1.54) is 12.0 Å². The molecule has 68 valence electrons. The van der Waals surface area contributed by atoms with Crippen molar-refractivity contribution < 1.29 is 0 Å². The summed E-state index contributed by atoms with van der Waals surface area (Å²) in [6.07, 6.45) is 7.05. The zero-order valence-electron chi connectivity index (χ0n) is 8.07. The molecule has 0 aromatic carbocycles. The van der Waals surface area contributed by atoms with Gasteiger partial charge in [0.15, 0.2) is 0 Å². The van der Waals surface area contributed by atoms with Crippen LogP contribution >= 0.6 is 0 Å². The molecule has 0 fully saturated rings. The molecule has 2 heterocycles. The second kappa shape index (κ2) is 3.21. The van der Waals surface area contributed by atoms with Crippen LogP contribution in [0.15, 0.2) is 30.7 Å². The summed E-state index contributed by atoms with van der Waals surface area (Å²) in [5.74, 6) is 0.627. The van der Waals surface area contributed by atoms with Crippen LogP contribution in [0.4, 0.5) is 0 Å². The summed E-state index contributed by atoms with van der Waals surface area (Å²) < 4.78 is 2.03. The fourth-order valence-electron chi connectivity index (χ4n) is 1.47. The van der Waals surface area contributed by atoms with Gasteiger partial charge in [0.2, 0.25) is 0 Å². The van der Waals surface area contributed by atoms with Crippen LogP contribution in [0.25, 0.3) is 5.65 Å². The van der Waals surface area contributed by atoms with Crippen molar-refractivity contribution >= 4 is 5.65 Å². The molecule has 2 nitrogen and oxygen atoms in total. The van der Waals surface area contributed by atoms with Crippen molar-refractivity contribution in [2.45, 2.75) is 26.2 Å². The molecule has 0 aliphatic heterocycles. The number of pyridine rings is 1. The third-order valence-electron chi connectivity index (χ3n) is 2.60. The molecule has 0 saturated carbocycles. The number of aromatic nitrogens is 2. The van der Waals surface area contributed by atoms with E-state index in [4.69, 9.17) is 0 Å². The lowest BCUT2D eigenvalue weighted by molar-refractivity contribution is 0.732. The Morgan fingerprint density at radius 3 is 3.08 bits per heavy atom. The van der Waals surface area contributed by atoms with E-state index in [1.807, 2.05) is 16.8 Å². The molecule has 0 radical (unpaired) electrons. The SMILES string of the molecule is CCC(C)c1ccn2ccnc2c1. The van der Waals surface area contributed by atoms with Crippen molar-refractivity contribution in [2.75, 3.05) is 0 Å². The molecule has 0 saturated heterocycles. The molecule has 0 bridgehead atoms. The molecule has 2 heteroatoms. The highest BCUT2D eigenvalue weighted by Crippen LogP contribution is 2.19. The molecule has 1 atom stereocenters. The molecule has 0 aliphatic carbocycles. The van der Waals surface area contributed by atoms with Crippen molar-refractivity contribution in [1.82, 2.24) is 9.38 Å². The van der Waals surface area contributed by atoms with Gasteiger partial charge in [0.05, 0.1) is 0 Å². The second-order valence-corrected chi connectivity index (χ2v) is 3.46. The van der Waals surface area contributed by atoms with Crippen molar-refractivity contribution in [3.8, 4) is 0 Å². The van der Waals surface area contributed by atoms with E-state index in [0.29, 0.717) is 5.92 Å². The minimum Gasteiger partial charge on any atom is -0.307 e. The van der Waals surface area contributed by atoms with Crippen LogP contribution in [0, 0.1) is 0 Å². The highest BCUT2D eigenvalue weighted by molar-refractivity contribution is 5.42. The third kappa shape index (κ3) is 1.44. The lowest BCUT2D eigenvalue weighted by Gasteiger charge is -2.08. The maximum atomic E-state index is 4.26. The van der Waals surface area contributed by atoms with Crippen LogP contribution in [-0.2, 0) is 0 Å². The molecule has 13 heavy (non-hydrogen) atoms. The zero-order chi connectivity index (χ0) is 9.26. The van der Waals surface area contributed by atoms with Crippen molar-refractivity contribution in [3.05, 3.63) is 36.3 Å². The summed E-state index contributed by atoms with van der Waals surface area (Å²) in [6, 6.07) is 4.33. The standard InChI is InChI=1S/C11H14N2/c1-3-9(2)10-4-6-13-7-5-12-11(13)8-10/h4-9H,3H2,1-2H3. The molecule has 0 aliphatic rings. The van der Waals surface area contributed by atoms with Crippen LogP contribution in [0.3, 0.4) is 0 Å². The Morgan fingerprint density at radius 2 is 2.31 bits per heavy atom. The largest absolute Gasteiger partial charge is 0.307 e. The predicted octanol–water partition coefficient (Wildman–Crippen LogP) is 2.85. The van der Waals surface area contributed by atoms with Gasteiger partial charge >= 0.3 is 0 Å². The number of hydrogen-bond acceptors (Lipinski definition) is 1. The van der Waals surface area contributed by atoms with Crippen molar-refractivity contribution in [2.24, 2.45) is 0 Å². The monoisotopic (exact) mass is 174 g/mol. The normalized spacial score (nSPS) is 13.4. The average Bonchev–Trinajstić information content (AvgIpc) is 2.63. The molecule has 0 spiro atoms. The Kier molecular flexibility index (Phi) is 2.05. The van der Waals surface area contributed by atoms with Gasteiger partial charge in [-0.3, -0.25) is 0 Å². The average molecular weight is 174 g/mol. The van der Waals surface area contributed by atoms with E-state index in [-0.39, 0.29) is 0 Å². The summed E-state index contributed by atoms with van der Waals surface area (Å²) in [7, 11) is 0. The van der Waals surface area contributed by atoms with Gasteiger partial charge in [-0.1, -0.05) is 13.8 Å². The van der Waals surface area contributed by atoms with Crippen molar-refractivity contribution in [1.29, 1.82) is 0 Å². The van der Waals surface area contributed by atoms with E-state index in [2.05, 4.69) is 37.2 Å². The van der Waals surface area contributed by atoms with Gasteiger partial charge in [0, 0.05) is 18.6 Å². The molecule has 2 rings (SSSR count). The van der Waals surface area contributed by atoms with Gasteiger partial charge in [-0.15, -0.1) is 0 Å². The first-order chi connectivity index (χ1) is 6.31. The van der Waals surface area contributed by atoms with Gasteiger partial charge in [-0.25, -0.2) is 4.98 Å². The maximum absolute atomic E-state index is 4.26. The van der Waals surface area contributed by atoms with Gasteiger partial charge in [0.25, 0.3) is 0 Å². The number of imidazole rings is 1. The first-order valence-electron chi connectivity index (χ1n) is 4.74. The molecular weight excluding hydrogens is 160 g/mol. The first-order valence-corrected chi connectivity index (χ1v) is 4.74. The Labute approximate surface area is 78.2 Å². The molecule has 0 N–H and O–H groups in total. The Hall–Kier alpha value is -1.31. The Bertz CT molecular complexity index is 403. The topological polar surface area (TPSA) is 17.3 Å². The van der Waals surface area contributed by atoms with Gasteiger partial charge < -0.3 is 4.40 Å². The summed E-state index contributed by atoms with van der Waals surface area (Å²) >= 11 is 0. The molecule has 0 amide bonds. The predicted molar refractivity (Wildman–Crippen MR) is 53.9 cm³/mol. The van der Waals surface area contributed by atoms with Crippen LogP contribution in [0.5, 0.6) is 0 Å². The molecular formula is C11H14N2. The summed E-state index contributed by atoms with van der Waals surface area (Å²) in [4.78, 5) is 4.26. The van der Waals surface area contributed by atoms with Crippen LogP contribution in [-0.4, -0.2) is 9.38 Å². The number of fused-ring (bicyclic) bond motifs is 1. The fourth-order valence-corrected chi connectivity index (χ4v) is 1.47. The number of hydrogen-bond donors (Lipinski definition) is 0. The van der Waals surface area contributed by atoms with Crippen molar-refractivity contribution in [3.63, 3.8) is 0 Å². The second-order valence-electron chi connectivity index (χ2n) is 3.46. The summed E-state index contributed by atoms with van der Waals surface area (Å²) in [6.45, 7) is 4.45. The quantitative estimate of drug-likeness (QED) is 0.684. The molecule has 2 aromatic rings. The maximum Gasteiger partial charge on any atom is 0.136 e. The number of nitrogens with zero attached hydrogens (tertiary/aromatic N) is 2. The highest BCUT2D eigenvalue weighted by atomic mass is 15.0. The van der Waals surface area contributed by atoms with Gasteiger partial charge in [-0.2, -0.15) is 0 Å². The van der Waals surface area contributed by atoms with E-state index < -0.39 is 0 Å². The fraction of sp³-hybridized carbons (Fsp3) is 0.364. The molecule has 1 unspecified atom stereocenters. The van der Waals surface area contributed by atoms with Gasteiger partial charge in [0.1, 0.15) is 5.65 Å². The first kappa shape index (κ1) is 8.30.